The number of halogens is 1. The number of anilines is 3. The van der Waals surface area contributed by atoms with Gasteiger partial charge in [0.2, 0.25) is 0 Å². The molecule has 0 saturated carbocycles. The molecule has 0 spiro atoms. The maximum Gasteiger partial charge on any atom is 0.299 e. The molecule has 0 fully saturated rings. The number of pyridine rings is 1. The number of nitrogens with one attached hydrogen (secondary N) is 4. The number of carbonyl (C=O) groups excluding carboxylic acids is 1. The fraction of sp³-hybridized carbons (Fsp3) is 0.0455. The van der Waals surface area contributed by atoms with Gasteiger partial charge in [-0.1, -0.05) is 17.7 Å². The summed E-state index contributed by atoms with van der Waals surface area (Å²) in [6.07, 6.45) is 1.48. The number of benzene rings is 2. The molecule has 2 heterocycles. The van der Waals surface area contributed by atoms with Gasteiger partial charge in [0.25, 0.3) is 21.5 Å². The molecule has 4 aromatic rings. The predicted octanol–water partition coefficient (Wildman–Crippen LogP) is 3.46. The molecule has 0 aliphatic rings. The maximum absolute atomic E-state index is 12.7. The lowest BCUT2D eigenvalue weighted by Crippen LogP contribution is -2.27. The van der Waals surface area contributed by atoms with E-state index in [1.165, 1.54) is 42.6 Å². The second-order valence-corrected chi connectivity index (χ2v) is 9.28. The third-order valence-electron chi connectivity index (χ3n) is 4.77. The number of rotatable bonds is 7. The number of aromatic amines is 1. The first-order valence-electron chi connectivity index (χ1n) is 9.92. The quantitative estimate of drug-likeness (QED) is 0.286. The van der Waals surface area contributed by atoms with Gasteiger partial charge in [-0.2, -0.15) is 4.68 Å². The van der Waals surface area contributed by atoms with Crippen molar-refractivity contribution in [2.45, 2.75) is 11.8 Å². The number of nitrogens with zero attached hydrogens (tertiary/aromatic N) is 2. The third kappa shape index (κ3) is 4.95. The second-order valence-electron chi connectivity index (χ2n) is 7.16. The van der Waals surface area contributed by atoms with Crippen LogP contribution in [-0.4, -0.2) is 29.1 Å². The smallest absolute Gasteiger partial charge is 0.299 e. The summed E-state index contributed by atoms with van der Waals surface area (Å²) in [5.74, 6) is -0.327. The van der Waals surface area contributed by atoms with Crippen LogP contribution in [-0.2, 0) is 10.0 Å². The standard InChI is InChI=1S/C22H19ClN6O4S/c1-14-20(22(31)29(27-14)21(30)15-5-7-16(23)8-6-15)26-25-17-9-11-18(12-10-17)34(32,33)28-19-4-2-3-13-24-19/h2-13,25-27H,1H3,(H,24,28). The highest BCUT2D eigenvalue weighted by Crippen LogP contribution is 2.18. The number of H-pyrrole nitrogens is 1. The largest absolute Gasteiger partial charge is 0.301 e. The SMILES string of the molecule is Cc1[nH]n(C(=O)c2ccc(Cl)cc2)c(=O)c1NNc1ccc(S(=O)(=O)Nc2ccccn2)cc1. The summed E-state index contributed by atoms with van der Waals surface area (Å²) in [6, 6.07) is 16.9. The molecule has 0 saturated heterocycles. The van der Waals surface area contributed by atoms with E-state index in [1.807, 2.05) is 0 Å². The average Bonchev–Trinajstić information content (AvgIpc) is 3.11. The molecule has 174 valence electrons. The molecule has 0 atom stereocenters. The van der Waals surface area contributed by atoms with Crippen molar-refractivity contribution in [3.8, 4) is 0 Å². The van der Waals surface area contributed by atoms with Crippen molar-refractivity contribution in [1.29, 1.82) is 0 Å². The first kappa shape index (κ1) is 23.1. The number of aryl methyl sites for hydroxylation is 1. The van der Waals surface area contributed by atoms with Crippen molar-refractivity contribution >= 4 is 44.7 Å². The van der Waals surface area contributed by atoms with Gasteiger partial charge in [-0.15, -0.1) is 0 Å². The molecule has 0 amide bonds. The Morgan fingerprint density at radius 2 is 1.71 bits per heavy atom. The molecular formula is C22H19ClN6O4S. The van der Waals surface area contributed by atoms with Crippen LogP contribution < -0.4 is 21.1 Å². The average molecular weight is 499 g/mol. The van der Waals surface area contributed by atoms with Crippen molar-refractivity contribution in [3.05, 3.63) is 99.6 Å². The van der Waals surface area contributed by atoms with Gasteiger partial charge in [0.1, 0.15) is 11.5 Å². The van der Waals surface area contributed by atoms with Crippen LogP contribution in [0.1, 0.15) is 16.1 Å². The Balaban J connectivity index is 1.46. The van der Waals surface area contributed by atoms with Crippen LogP contribution in [0, 0.1) is 6.92 Å². The van der Waals surface area contributed by atoms with Gasteiger partial charge in [0.05, 0.1) is 16.3 Å². The molecule has 10 nitrogen and oxygen atoms in total. The highest BCUT2D eigenvalue weighted by atomic mass is 35.5. The summed E-state index contributed by atoms with van der Waals surface area (Å²) in [5, 5.41) is 3.22. The van der Waals surface area contributed by atoms with E-state index in [-0.39, 0.29) is 16.4 Å². The lowest BCUT2D eigenvalue weighted by Gasteiger charge is -2.10. The molecular weight excluding hydrogens is 480 g/mol. The van der Waals surface area contributed by atoms with Gasteiger partial charge in [0.15, 0.2) is 0 Å². The number of hydrogen-bond donors (Lipinski definition) is 4. The van der Waals surface area contributed by atoms with Crippen LogP contribution in [0.15, 0.2) is 82.6 Å². The van der Waals surface area contributed by atoms with E-state index in [0.717, 1.165) is 4.68 Å². The van der Waals surface area contributed by atoms with Gasteiger partial charge in [0, 0.05) is 16.8 Å². The summed E-state index contributed by atoms with van der Waals surface area (Å²) in [5.41, 5.74) is 6.37. The molecule has 0 aliphatic carbocycles. The molecule has 0 bridgehead atoms. The van der Waals surface area contributed by atoms with E-state index >= 15 is 0 Å². The Morgan fingerprint density at radius 1 is 1.00 bits per heavy atom. The van der Waals surface area contributed by atoms with Gasteiger partial charge in [-0.05, 0) is 67.6 Å². The zero-order chi connectivity index (χ0) is 24.3. The first-order chi connectivity index (χ1) is 16.2. The summed E-state index contributed by atoms with van der Waals surface area (Å²) in [7, 11) is -3.81. The first-order valence-corrected chi connectivity index (χ1v) is 11.8. The Labute approximate surface area is 199 Å². The molecule has 12 heteroatoms. The molecule has 0 aliphatic heterocycles. The van der Waals surface area contributed by atoms with Gasteiger partial charge in [-0.25, -0.2) is 13.4 Å². The van der Waals surface area contributed by atoms with Crippen molar-refractivity contribution < 1.29 is 13.2 Å². The number of hydrogen-bond acceptors (Lipinski definition) is 7. The minimum Gasteiger partial charge on any atom is -0.301 e. The van der Waals surface area contributed by atoms with Crippen LogP contribution in [0.25, 0.3) is 0 Å². The summed E-state index contributed by atoms with van der Waals surface area (Å²) >= 11 is 5.85. The normalized spacial score (nSPS) is 11.1. The van der Waals surface area contributed by atoms with Crippen molar-refractivity contribution in [3.63, 3.8) is 0 Å². The van der Waals surface area contributed by atoms with E-state index in [4.69, 9.17) is 11.6 Å². The Hall–Kier alpha value is -4.09. The number of hydrazine groups is 1. The Bertz CT molecular complexity index is 1480. The van der Waals surface area contributed by atoms with Crippen molar-refractivity contribution in [1.82, 2.24) is 14.8 Å². The van der Waals surface area contributed by atoms with E-state index in [0.29, 0.717) is 22.0 Å². The zero-order valence-corrected chi connectivity index (χ0v) is 19.3. The van der Waals surface area contributed by atoms with Crippen LogP contribution in [0.2, 0.25) is 5.02 Å². The molecule has 0 unspecified atom stereocenters. The van der Waals surface area contributed by atoms with Crippen LogP contribution in [0.3, 0.4) is 0 Å². The topological polar surface area (TPSA) is 138 Å². The second kappa shape index (κ2) is 9.41. The number of sulfonamides is 1. The van der Waals surface area contributed by atoms with E-state index in [1.54, 1.807) is 37.3 Å². The van der Waals surface area contributed by atoms with E-state index in [9.17, 15) is 18.0 Å². The predicted molar refractivity (Wildman–Crippen MR) is 130 cm³/mol. The van der Waals surface area contributed by atoms with Crippen LogP contribution in [0.5, 0.6) is 0 Å². The zero-order valence-electron chi connectivity index (χ0n) is 17.7. The maximum atomic E-state index is 12.7. The third-order valence-corrected chi connectivity index (χ3v) is 6.39. The van der Waals surface area contributed by atoms with Gasteiger partial charge < -0.3 is 5.43 Å². The van der Waals surface area contributed by atoms with E-state index in [2.05, 4.69) is 25.7 Å². The van der Waals surface area contributed by atoms with Crippen LogP contribution in [0.4, 0.5) is 17.2 Å². The summed E-state index contributed by atoms with van der Waals surface area (Å²) < 4.78 is 28.3. The lowest BCUT2D eigenvalue weighted by molar-refractivity contribution is 0.0941. The highest BCUT2D eigenvalue weighted by Gasteiger charge is 2.18. The molecule has 4 N–H and O–H groups in total. The number of aromatic nitrogens is 3. The molecule has 2 aromatic heterocycles. The van der Waals surface area contributed by atoms with Gasteiger partial charge in [-0.3, -0.25) is 24.8 Å². The van der Waals surface area contributed by atoms with Crippen LogP contribution >= 0.6 is 11.6 Å². The Kier molecular flexibility index (Phi) is 6.39. The summed E-state index contributed by atoms with van der Waals surface area (Å²) in [6.45, 7) is 1.63. The van der Waals surface area contributed by atoms with E-state index < -0.39 is 21.5 Å². The minimum atomic E-state index is -3.81. The highest BCUT2D eigenvalue weighted by molar-refractivity contribution is 7.92. The van der Waals surface area contributed by atoms with Crippen molar-refractivity contribution in [2.75, 3.05) is 15.6 Å². The molecule has 0 radical (unpaired) electrons. The fourth-order valence-corrected chi connectivity index (χ4v) is 4.16. The Morgan fingerprint density at radius 3 is 2.35 bits per heavy atom. The lowest BCUT2D eigenvalue weighted by atomic mass is 10.2. The molecule has 34 heavy (non-hydrogen) atoms. The molecule has 4 rings (SSSR count). The van der Waals surface area contributed by atoms with Crippen molar-refractivity contribution in [2.24, 2.45) is 0 Å². The number of carbonyl (C=O) groups is 1. The van der Waals surface area contributed by atoms with Gasteiger partial charge >= 0.3 is 0 Å². The summed E-state index contributed by atoms with van der Waals surface area (Å²) in [4.78, 5) is 29.4. The monoisotopic (exact) mass is 498 g/mol. The molecule has 2 aromatic carbocycles. The fourth-order valence-electron chi connectivity index (χ4n) is 3.03. The minimum absolute atomic E-state index is 0.0393.